The molecule has 3 rings (SSSR count). The number of hydrogen-bond donors (Lipinski definition) is 1. The molecule has 0 aromatic heterocycles. The molecule has 1 fully saturated rings. The zero-order valence-electron chi connectivity index (χ0n) is 19.6. The van der Waals surface area contributed by atoms with Crippen LogP contribution in [0.5, 0.6) is 17.2 Å². The van der Waals surface area contributed by atoms with Crippen molar-refractivity contribution in [2.75, 3.05) is 27.9 Å². The van der Waals surface area contributed by atoms with Gasteiger partial charge in [0.15, 0.2) is 21.3 Å². The number of carbonyl (C=O) groups excluding carboxylic acids is 1. The average molecular weight is 476 g/mol. The molecule has 2 aromatic rings. The van der Waals surface area contributed by atoms with Gasteiger partial charge in [0.05, 0.1) is 37.0 Å². The van der Waals surface area contributed by atoms with Gasteiger partial charge in [-0.25, -0.2) is 8.42 Å². The molecule has 2 aromatic carbocycles. The summed E-state index contributed by atoms with van der Waals surface area (Å²) in [5, 5.41) is 2.48. The summed E-state index contributed by atoms with van der Waals surface area (Å²) in [6.07, 6.45) is 5.90. The van der Waals surface area contributed by atoms with E-state index in [0.717, 1.165) is 31.2 Å². The Bertz CT molecular complexity index is 1060. The second kappa shape index (κ2) is 11.4. The Morgan fingerprint density at radius 3 is 2.15 bits per heavy atom. The summed E-state index contributed by atoms with van der Waals surface area (Å²) in [4.78, 5) is 13.1. The maximum Gasteiger partial charge on any atom is 0.255 e. The number of ether oxygens (including phenoxy) is 3. The topological polar surface area (TPSA) is 90.9 Å². The summed E-state index contributed by atoms with van der Waals surface area (Å²) < 4.78 is 42.4. The minimum absolute atomic E-state index is 0.181. The van der Waals surface area contributed by atoms with Gasteiger partial charge in [0.2, 0.25) is 0 Å². The number of rotatable bonds is 9. The van der Waals surface area contributed by atoms with Crippen molar-refractivity contribution in [1.82, 2.24) is 5.32 Å². The third-order valence-corrected chi connectivity index (χ3v) is 8.39. The lowest BCUT2D eigenvalue weighted by atomic mass is 10.1. The van der Waals surface area contributed by atoms with E-state index in [1.807, 2.05) is 18.2 Å². The van der Waals surface area contributed by atoms with Gasteiger partial charge in [0.1, 0.15) is 5.75 Å². The predicted octanol–water partition coefficient (Wildman–Crippen LogP) is 4.18. The minimum Gasteiger partial charge on any atom is -0.496 e. The normalized spacial score (nSPS) is 14.9. The summed E-state index contributed by atoms with van der Waals surface area (Å²) in [5.41, 5.74) is 1.20. The molecule has 1 N–H and O–H groups in total. The summed E-state index contributed by atoms with van der Waals surface area (Å²) in [6, 6.07) is 10.2. The van der Waals surface area contributed by atoms with Gasteiger partial charge in [-0.05, 0) is 55.2 Å². The molecule has 33 heavy (non-hydrogen) atoms. The van der Waals surface area contributed by atoms with Crippen LogP contribution in [-0.2, 0) is 16.3 Å². The fraction of sp³-hybridized carbons (Fsp3) is 0.480. The minimum atomic E-state index is -3.51. The molecule has 8 heteroatoms. The van der Waals surface area contributed by atoms with E-state index in [1.165, 1.54) is 13.2 Å². The van der Waals surface area contributed by atoms with Crippen LogP contribution in [0.1, 0.15) is 54.4 Å². The van der Waals surface area contributed by atoms with Gasteiger partial charge in [0.25, 0.3) is 5.91 Å². The molecule has 0 unspecified atom stereocenters. The predicted molar refractivity (Wildman–Crippen MR) is 127 cm³/mol. The van der Waals surface area contributed by atoms with Crippen LogP contribution in [0.15, 0.2) is 41.3 Å². The molecular formula is C25H33NO6S. The largest absolute Gasteiger partial charge is 0.496 e. The molecule has 1 aliphatic carbocycles. The fourth-order valence-corrected chi connectivity index (χ4v) is 6.12. The van der Waals surface area contributed by atoms with Crippen molar-refractivity contribution in [3.63, 3.8) is 0 Å². The number of nitrogens with one attached hydrogen (secondary N) is 1. The molecule has 0 atom stereocenters. The molecule has 1 saturated carbocycles. The molecule has 7 nitrogen and oxygen atoms in total. The van der Waals surface area contributed by atoms with Gasteiger partial charge in [-0.1, -0.05) is 31.7 Å². The number of hydrogen-bond acceptors (Lipinski definition) is 6. The number of sulfone groups is 1. The van der Waals surface area contributed by atoms with Gasteiger partial charge >= 0.3 is 0 Å². The van der Waals surface area contributed by atoms with Gasteiger partial charge in [-0.2, -0.15) is 0 Å². The van der Waals surface area contributed by atoms with Crippen molar-refractivity contribution < 1.29 is 27.4 Å². The van der Waals surface area contributed by atoms with Crippen LogP contribution >= 0.6 is 0 Å². The number of methoxy groups -OCH3 is 3. The Hall–Kier alpha value is -2.74. The second-order valence-corrected chi connectivity index (χ2v) is 10.4. The lowest BCUT2D eigenvalue weighted by Crippen LogP contribution is -2.27. The van der Waals surface area contributed by atoms with Crippen molar-refractivity contribution in [2.24, 2.45) is 0 Å². The highest BCUT2D eigenvalue weighted by Gasteiger charge is 2.29. The van der Waals surface area contributed by atoms with E-state index in [0.29, 0.717) is 43.1 Å². The maximum atomic E-state index is 13.2. The van der Waals surface area contributed by atoms with E-state index in [2.05, 4.69) is 5.32 Å². The van der Waals surface area contributed by atoms with E-state index in [-0.39, 0.29) is 16.4 Å². The van der Waals surface area contributed by atoms with Gasteiger partial charge in [-0.3, -0.25) is 4.79 Å². The van der Waals surface area contributed by atoms with Crippen LogP contribution in [0, 0.1) is 0 Å². The number of benzene rings is 2. The molecule has 0 saturated heterocycles. The van der Waals surface area contributed by atoms with Crippen molar-refractivity contribution in [3.05, 3.63) is 47.5 Å². The van der Waals surface area contributed by atoms with Gasteiger partial charge in [0, 0.05) is 6.54 Å². The first-order valence-electron chi connectivity index (χ1n) is 11.3. The second-order valence-electron chi connectivity index (χ2n) is 8.22. The summed E-state index contributed by atoms with van der Waals surface area (Å²) in [5.74, 6) is 1.24. The molecule has 0 bridgehead atoms. The lowest BCUT2D eigenvalue weighted by molar-refractivity contribution is 0.0951. The monoisotopic (exact) mass is 475 g/mol. The molecule has 1 amide bonds. The first kappa shape index (κ1) is 24.9. The van der Waals surface area contributed by atoms with Crippen LogP contribution in [-0.4, -0.2) is 47.4 Å². The highest BCUT2D eigenvalue weighted by Crippen LogP contribution is 2.31. The standard InChI is InChI=1S/C25H33NO6S/c1-30-22-13-11-20(33(28,29)19-8-6-4-5-7-9-19)17-21(22)25(27)26-15-14-18-10-12-23(31-2)24(16-18)32-3/h10-13,16-17,19H,4-9,14-15H2,1-3H3,(H,26,27). The average Bonchev–Trinajstić information content (AvgIpc) is 3.13. The zero-order chi connectivity index (χ0) is 23.8. The van der Waals surface area contributed by atoms with E-state index in [1.54, 1.807) is 26.4 Å². The fourth-order valence-electron chi connectivity index (χ4n) is 4.24. The summed E-state index contributed by atoms with van der Waals surface area (Å²) in [7, 11) is 1.12. The van der Waals surface area contributed by atoms with Crippen LogP contribution < -0.4 is 19.5 Å². The molecule has 0 radical (unpaired) electrons. The highest BCUT2D eigenvalue weighted by molar-refractivity contribution is 7.92. The Morgan fingerprint density at radius 1 is 0.879 bits per heavy atom. The summed E-state index contributed by atoms with van der Waals surface area (Å²) >= 11 is 0. The Kier molecular flexibility index (Phi) is 8.61. The van der Waals surface area contributed by atoms with Crippen LogP contribution in [0.25, 0.3) is 0 Å². The third-order valence-electron chi connectivity index (χ3n) is 6.13. The maximum absolute atomic E-state index is 13.2. The van der Waals surface area contributed by atoms with E-state index in [9.17, 15) is 13.2 Å². The Morgan fingerprint density at radius 2 is 1.52 bits per heavy atom. The quantitative estimate of drug-likeness (QED) is 0.547. The Balaban J connectivity index is 1.73. The lowest BCUT2D eigenvalue weighted by Gasteiger charge is -2.17. The van der Waals surface area contributed by atoms with Gasteiger partial charge in [-0.15, -0.1) is 0 Å². The molecule has 0 spiro atoms. The summed E-state index contributed by atoms with van der Waals surface area (Å²) in [6.45, 7) is 0.372. The van der Waals surface area contributed by atoms with E-state index in [4.69, 9.17) is 14.2 Å². The first-order valence-corrected chi connectivity index (χ1v) is 12.9. The smallest absolute Gasteiger partial charge is 0.255 e. The SMILES string of the molecule is COc1ccc(CCNC(=O)c2cc(S(=O)(=O)C3CCCCCC3)ccc2OC)cc1OC. The van der Waals surface area contributed by atoms with Crippen LogP contribution in [0.3, 0.4) is 0 Å². The number of carbonyl (C=O) groups is 1. The molecule has 0 heterocycles. The number of amides is 1. The third kappa shape index (κ3) is 5.99. The van der Waals surface area contributed by atoms with Gasteiger partial charge < -0.3 is 19.5 Å². The molecule has 1 aliphatic rings. The van der Waals surface area contributed by atoms with Crippen molar-refractivity contribution in [1.29, 1.82) is 0 Å². The molecule has 180 valence electrons. The van der Waals surface area contributed by atoms with E-state index < -0.39 is 15.1 Å². The van der Waals surface area contributed by atoms with Crippen molar-refractivity contribution in [2.45, 2.75) is 55.1 Å². The van der Waals surface area contributed by atoms with Crippen molar-refractivity contribution >= 4 is 15.7 Å². The molecule has 0 aliphatic heterocycles. The highest BCUT2D eigenvalue weighted by atomic mass is 32.2. The van der Waals surface area contributed by atoms with Crippen LogP contribution in [0.4, 0.5) is 0 Å². The first-order chi connectivity index (χ1) is 15.9. The van der Waals surface area contributed by atoms with Crippen molar-refractivity contribution in [3.8, 4) is 17.2 Å². The van der Waals surface area contributed by atoms with Crippen LogP contribution in [0.2, 0.25) is 0 Å². The van der Waals surface area contributed by atoms with E-state index >= 15 is 0 Å². The Labute approximate surface area is 196 Å². The molecular weight excluding hydrogens is 442 g/mol. The zero-order valence-corrected chi connectivity index (χ0v) is 20.4.